The van der Waals surface area contributed by atoms with E-state index in [-0.39, 0.29) is 0 Å². The molecule has 0 heterocycles. The minimum atomic E-state index is -0.481. The zero-order valence-corrected chi connectivity index (χ0v) is 11.1. The molecule has 0 atom stereocenters. The van der Waals surface area contributed by atoms with Gasteiger partial charge in [0.1, 0.15) is 0 Å². The molecule has 2 N–H and O–H groups in total. The molecule has 0 unspecified atom stereocenters. The predicted molar refractivity (Wildman–Crippen MR) is 72.3 cm³/mol. The molecule has 0 saturated heterocycles. The molecule has 0 spiro atoms. The van der Waals surface area contributed by atoms with Gasteiger partial charge in [0, 0.05) is 0 Å². The summed E-state index contributed by atoms with van der Waals surface area (Å²) in [4.78, 5) is 9.47. The molecule has 0 fully saturated rings. The fourth-order valence-corrected chi connectivity index (χ4v) is 1.38. The summed E-state index contributed by atoms with van der Waals surface area (Å²) in [6, 6.07) is 0. The van der Waals surface area contributed by atoms with Gasteiger partial charge in [-0.1, -0.05) is 78.2 Å². The van der Waals surface area contributed by atoms with Gasteiger partial charge >= 0.3 is 0 Å². The van der Waals surface area contributed by atoms with Crippen molar-refractivity contribution >= 4 is 5.91 Å². The van der Waals surface area contributed by atoms with Crippen molar-refractivity contribution in [3.8, 4) is 0 Å². The fourth-order valence-electron chi connectivity index (χ4n) is 1.38. The molecule has 0 aliphatic carbocycles. The minimum Gasteiger partial charge on any atom is -0.366 e. The van der Waals surface area contributed by atoms with Crippen LogP contribution in [0.4, 0.5) is 0 Å². The summed E-state index contributed by atoms with van der Waals surface area (Å²) in [6.07, 6.45) is 14.0. The van der Waals surface area contributed by atoms with Gasteiger partial charge in [0.2, 0.25) is 5.91 Å². The molecule has 0 rings (SSSR count). The average molecular weight is 227 g/mol. The highest BCUT2D eigenvalue weighted by Crippen LogP contribution is 2.08. The summed E-state index contributed by atoms with van der Waals surface area (Å²) in [6.45, 7) is 7.64. The van der Waals surface area contributed by atoms with Gasteiger partial charge in [0.15, 0.2) is 0 Å². The normalized spacial score (nSPS) is 9.12. The van der Waals surface area contributed by atoms with E-state index in [0.717, 1.165) is 6.08 Å². The molecule has 2 nitrogen and oxygen atoms in total. The lowest BCUT2D eigenvalue weighted by atomic mass is 10.1. The number of unbranched alkanes of at least 4 members (excludes halogenated alkanes) is 8. The third kappa shape index (κ3) is 23.2. The van der Waals surface area contributed by atoms with E-state index < -0.39 is 5.91 Å². The topological polar surface area (TPSA) is 43.1 Å². The van der Waals surface area contributed by atoms with Crippen LogP contribution in [0.5, 0.6) is 0 Å². The Labute approximate surface area is 101 Å². The van der Waals surface area contributed by atoms with E-state index in [1.54, 1.807) is 0 Å². The smallest absolute Gasteiger partial charge is 0.240 e. The van der Waals surface area contributed by atoms with Crippen molar-refractivity contribution in [3.05, 3.63) is 12.7 Å². The summed E-state index contributed by atoms with van der Waals surface area (Å²) in [5.74, 6) is -0.481. The summed E-state index contributed by atoms with van der Waals surface area (Å²) in [7, 11) is 0. The SMILES string of the molecule is C=CC(N)=O.CCCCCCCCCCC. The zero-order chi connectivity index (χ0) is 12.6. The second-order valence-electron chi connectivity index (χ2n) is 4.08. The maximum absolute atomic E-state index is 9.47. The molecule has 0 radical (unpaired) electrons. The van der Waals surface area contributed by atoms with E-state index in [0.29, 0.717) is 0 Å². The van der Waals surface area contributed by atoms with Gasteiger partial charge in [0.25, 0.3) is 0 Å². The Balaban J connectivity index is 0. The number of carbonyl (C=O) groups excluding carboxylic acids is 1. The third-order valence-electron chi connectivity index (χ3n) is 2.41. The van der Waals surface area contributed by atoms with Crippen molar-refractivity contribution in [1.29, 1.82) is 0 Å². The molecule has 0 saturated carbocycles. The Bertz CT molecular complexity index is 147. The Morgan fingerprint density at radius 2 is 1.19 bits per heavy atom. The Morgan fingerprint density at radius 3 is 1.38 bits per heavy atom. The first kappa shape index (κ1) is 17.6. The molecular weight excluding hydrogens is 198 g/mol. The van der Waals surface area contributed by atoms with Crippen molar-refractivity contribution in [2.45, 2.75) is 71.6 Å². The molecule has 0 aromatic heterocycles. The highest BCUT2D eigenvalue weighted by atomic mass is 16.1. The number of rotatable bonds is 9. The largest absolute Gasteiger partial charge is 0.366 e. The molecule has 0 aromatic carbocycles. The maximum Gasteiger partial charge on any atom is 0.240 e. The van der Waals surface area contributed by atoms with Gasteiger partial charge in [-0.25, -0.2) is 0 Å². The molecule has 1 amide bonds. The van der Waals surface area contributed by atoms with Crippen molar-refractivity contribution in [1.82, 2.24) is 0 Å². The molecule has 0 aliphatic rings. The van der Waals surface area contributed by atoms with Gasteiger partial charge in [0.05, 0.1) is 0 Å². The van der Waals surface area contributed by atoms with Gasteiger partial charge < -0.3 is 5.73 Å². The van der Waals surface area contributed by atoms with E-state index in [9.17, 15) is 4.79 Å². The van der Waals surface area contributed by atoms with Crippen LogP contribution in [-0.4, -0.2) is 5.91 Å². The molecule has 0 bridgehead atoms. The molecule has 2 heteroatoms. The number of hydrogen-bond donors (Lipinski definition) is 1. The van der Waals surface area contributed by atoms with Crippen LogP contribution in [-0.2, 0) is 4.79 Å². The second kappa shape index (κ2) is 16.6. The van der Waals surface area contributed by atoms with Crippen molar-refractivity contribution in [2.24, 2.45) is 5.73 Å². The number of amides is 1. The van der Waals surface area contributed by atoms with E-state index in [2.05, 4.69) is 26.2 Å². The van der Waals surface area contributed by atoms with E-state index in [1.807, 2.05) is 0 Å². The maximum atomic E-state index is 9.47. The molecule has 0 aromatic rings. The van der Waals surface area contributed by atoms with Crippen LogP contribution in [0.25, 0.3) is 0 Å². The van der Waals surface area contributed by atoms with Crippen LogP contribution >= 0.6 is 0 Å². The van der Waals surface area contributed by atoms with Crippen LogP contribution < -0.4 is 5.73 Å². The number of primary amides is 1. The Morgan fingerprint density at radius 1 is 0.938 bits per heavy atom. The summed E-state index contributed by atoms with van der Waals surface area (Å²) < 4.78 is 0. The van der Waals surface area contributed by atoms with Gasteiger partial charge in [-0.2, -0.15) is 0 Å². The lowest BCUT2D eigenvalue weighted by molar-refractivity contribution is -0.113. The van der Waals surface area contributed by atoms with Crippen molar-refractivity contribution in [2.75, 3.05) is 0 Å². The van der Waals surface area contributed by atoms with Gasteiger partial charge in [-0.3, -0.25) is 4.79 Å². The fraction of sp³-hybridized carbons (Fsp3) is 0.786. The summed E-state index contributed by atoms with van der Waals surface area (Å²) >= 11 is 0. The van der Waals surface area contributed by atoms with E-state index >= 15 is 0 Å². The standard InChI is InChI=1S/C11H24.C3H5NO/c1-3-5-7-9-11-10-8-6-4-2;1-2-3(4)5/h3-11H2,1-2H3;2H,1H2,(H2,4,5). The van der Waals surface area contributed by atoms with Crippen LogP contribution in [0.15, 0.2) is 12.7 Å². The lowest BCUT2D eigenvalue weighted by Crippen LogP contribution is -2.04. The van der Waals surface area contributed by atoms with E-state index in [4.69, 9.17) is 0 Å². The Kier molecular flexibility index (Phi) is 18.3. The third-order valence-corrected chi connectivity index (χ3v) is 2.41. The lowest BCUT2D eigenvalue weighted by Gasteiger charge is -1.98. The predicted octanol–water partition coefficient (Wildman–Crippen LogP) is 4.19. The quantitative estimate of drug-likeness (QED) is 0.465. The van der Waals surface area contributed by atoms with Gasteiger partial charge in [-0.15, -0.1) is 0 Å². The monoisotopic (exact) mass is 227 g/mol. The van der Waals surface area contributed by atoms with Gasteiger partial charge in [-0.05, 0) is 6.08 Å². The van der Waals surface area contributed by atoms with Crippen LogP contribution in [0, 0.1) is 0 Å². The summed E-state index contributed by atoms with van der Waals surface area (Å²) in [5.41, 5.74) is 4.53. The summed E-state index contributed by atoms with van der Waals surface area (Å²) in [5, 5.41) is 0. The number of hydrogen-bond acceptors (Lipinski definition) is 1. The minimum absolute atomic E-state index is 0.481. The Hall–Kier alpha value is -0.790. The highest BCUT2D eigenvalue weighted by Gasteiger charge is 1.88. The highest BCUT2D eigenvalue weighted by molar-refractivity contribution is 5.84. The van der Waals surface area contributed by atoms with Crippen molar-refractivity contribution < 1.29 is 4.79 Å². The first-order valence-corrected chi connectivity index (χ1v) is 6.60. The molecular formula is C14H29NO. The van der Waals surface area contributed by atoms with Crippen LogP contribution in [0.1, 0.15) is 71.6 Å². The van der Waals surface area contributed by atoms with Crippen molar-refractivity contribution in [3.63, 3.8) is 0 Å². The van der Waals surface area contributed by atoms with Crippen LogP contribution in [0.2, 0.25) is 0 Å². The first-order chi connectivity index (χ1) is 7.68. The second-order valence-corrected chi connectivity index (χ2v) is 4.08. The number of nitrogens with two attached hydrogens (primary N) is 1. The zero-order valence-electron chi connectivity index (χ0n) is 11.1. The number of carbonyl (C=O) groups is 1. The molecule has 16 heavy (non-hydrogen) atoms. The average Bonchev–Trinajstić information content (AvgIpc) is 2.29. The molecule has 96 valence electrons. The first-order valence-electron chi connectivity index (χ1n) is 6.60. The molecule has 0 aliphatic heterocycles. The van der Waals surface area contributed by atoms with Crippen LogP contribution in [0.3, 0.4) is 0 Å². The van der Waals surface area contributed by atoms with E-state index in [1.165, 1.54) is 57.8 Å².